The SMILES string of the molecule is Cc1[c-]c2ccccc2o1.[Ir]. The zero-order chi connectivity index (χ0) is 6.97. The van der Waals surface area contributed by atoms with Crippen molar-refractivity contribution in [1.29, 1.82) is 0 Å². The van der Waals surface area contributed by atoms with Gasteiger partial charge in [0.2, 0.25) is 0 Å². The summed E-state index contributed by atoms with van der Waals surface area (Å²) in [5, 5.41) is 1.06. The molecule has 0 bridgehead atoms. The molecule has 0 N–H and O–H groups in total. The number of para-hydroxylation sites is 1. The second-order valence-corrected chi connectivity index (χ2v) is 2.28. The summed E-state index contributed by atoms with van der Waals surface area (Å²) in [4.78, 5) is 0. The minimum atomic E-state index is 0. The Balaban J connectivity index is 0.000000605. The Labute approximate surface area is 78.8 Å². The molecule has 59 valence electrons. The first kappa shape index (κ1) is 8.51. The predicted molar refractivity (Wildman–Crippen MR) is 39.8 cm³/mol. The van der Waals surface area contributed by atoms with Crippen LogP contribution in [0.5, 0.6) is 0 Å². The molecule has 0 aliphatic rings. The van der Waals surface area contributed by atoms with Crippen LogP contribution in [0.15, 0.2) is 28.7 Å². The van der Waals surface area contributed by atoms with Crippen molar-refractivity contribution in [3.8, 4) is 0 Å². The van der Waals surface area contributed by atoms with E-state index in [2.05, 4.69) is 6.07 Å². The minimum absolute atomic E-state index is 0. The van der Waals surface area contributed by atoms with Gasteiger partial charge in [0.25, 0.3) is 0 Å². The molecule has 0 amide bonds. The third-order valence-electron chi connectivity index (χ3n) is 1.46. The van der Waals surface area contributed by atoms with Gasteiger partial charge >= 0.3 is 0 Å². The summed E-state index contributed by atoms with van der Waals surface area (Å²) >= 11 is 0. The standard InChI is InChI=1S/C9H7O.Ir/c1-7-6-8-4-2-3-5-9(8)10-7;/h2-5H,1H3;/q-1;. The van der Waals surface area contributed by atoms with Crippen molar-refractivity contribution in [3.05, 3.63) is 36.1 Å². The largest absolute Gasteiger partial charge is 0.533 e. The Hall–Kier alpha value is -0.591. The van der Waals surface area contributed by atoms with Crippen LogP contribution in [0.3, 0.4) is 0 Å². The molecule has 1 heterocycles. The summed E-state index contributed by atoms with van der Waals surface area (Å²) in [5.41, 5.74) is 0.917. The van der Waals surface area contributed by atoms with Crippen molar-refractivity contribution in [1.82, 2.24) is 0 Å². The van der Waals surface area contributed by atoms with Crippen LogP contribution >= 0.6 is 0 Å². The number of rotatable bonds is 0. The van der Waals surface area contributed by atoms with Crippen molar-refractivity contribution < 1.29 is 24.5 Å². The van der Waals surface area contributed by atoms with Gasteiger partial charge in [-0.3, -0.25) is 0 Å². The maximum atomic E-state index is 5.31. The second kappa shape index (κ2) is 3.20. The van der Waals surface area contributed by atoms with Gasteiger partial charge in [0.15, 0.2) is 0 Å². The molecule has 0 saturated heterocycles. The third-order valence-corrected chi connectivity index (χ3v) is 1.46. The molecule has 0 aliphatic heterocycles. The number of furan rings is 1. The minimum Gasteiger partial charge on any atom is -0.533 e. The van der Waals surface area contributed by atoms with E-state index < -0.39 is 0 Å². The molecule has 0 fully saturated rings. The zero-order valence-corrected chi connectivity index (χ0v) is 8.45. The Bertz CT molecular complexity index is 318. The fourth-order valence-electron chi connectivity index (χ4n) is 1.04. The van der Waals surface area contributed by atoms with E-state index in [0.29, 0.717) is 0 Å². The summed E-state index contributed by atoms with van der Waals surface area (Å²) in [7, 11) is 0. The average molecular weight is 323 g/mol. The molecular weight excluding hydrogens is 316 g/mol. The smallest absolute Gasteiger partial charge is 0.0256 e. The van der Waals surface area contributed by atoms with Crippen molar-refractivity contribution in [2.45, 2.75) is 6.92 Å². The maximum absolute atomic E-state index is 5.31. The van der Waals surface area contributed by atoms with Gasteiger partial charge in [-0.15, -0.1) is 17.5 Å². The molecule has 1 aromatic carbocycles. The van der Waals surface area contributed by atoms with Crippen LogP contribution in [-0.2, 0) is 20.1 Å². The van der Waals surface area contributed by atoms with Gasteiger partial charge in [-0.05, 0) is 6.92 Å². The zero-order valence-electron chi connectivity index (χ0n) is 6.05. The van der Waals surface area contributed by atoms with E-state index in [0.717, 1.165) is 16.7 Å². The summed E-state index contributed by atoms with van der Waals surface area (Å²) in [6, 6.07) is 11.0. The molecule has 0 unspecified atom stereocenters. The van der Waals surface area contributed by atoms with Gasteiger partial charge in [0, 0.05) is 31.4 Å². The first-order chi connectivity index (χ1) is 4.86. The fraction of sp³-hybridized carbons (Fsp3) is 0.111. The molecule has 0 aliphatic carbocycles. The quantitative estimate of drug-likeness (QED) is 0.679. The Morgan fingerprint density at radius 2 is 2.00 bits per heavy atom. The summed E-state index contributed by atoms with van der Waals surface area (Å²) < 4.78 is 5.31. The van der Waals surface area contributed by atoms with Gasteiger partial charge in [0.05, 0.1) is 0 Å². The van der Waals surface area contributed by atoms with Crippen LogP contribution in [-0.4, -0.2) is 0 Å². The number of hydrogen-bond acceptors (Lipinski definition) is 1. The van der Waals surface area contributed by atoms with E-state index >= 15 is 0 Å². The van der Waals surface area contributed by atoms with Gasteiger partial charge in [-0.2, -0.15) is 6.07 Å². The van der Waals surface area contributed by atoms with E-state index in [1.54, 1.807) is 0 Å². The fourth-order valence-corrected chi connectivity index (χ4v) is 1.04. The molecule has 2 rings (SSSR count). The van der Waals surface area contributed by atoms with Crippen LogP contribution in [0.2, 0.25) is 0 Å². The van der Waals surface area contributed by atoms with Gasteiger partial charge in [-0.1, -0.05) is 12.1 Å². The summed E-state index contributed by atoms with van der Waals surface area (Å²) in [5.74, 6) is 0.848. The molecule has 0 atom stereocenters. The van der Waals surface area contributed by atoms with Crippen LogP contribution in [0, 0.1) is 13.0 Å². The van der Waals surface area contributed by atoms with Gasteiger partial charge < -0.3 is 4.42 Å². The molecule has 2 heteroatoms. The van der Waals surface area contributed by atoms with Crippen LogP contribution in [0.25, 0.3) is 11.0 Å². The number of aryl methyl sites for hydroxylation is 1. The topological polar surface area (TPSA) is 13.1 Å². The Kier molecular flexibility index (Phi) is 2.48. The van der Waals surface area contributed by atoms with Crippen LogP contribution < -0.4 is 0 Å². The molecule has 11 heavy (non-hydrogen) atoms. The Morgan fingerprint density at radius 1 is 1.27 bits per heavy atom. The molecule has 0 spiro atoms. The average Bonchev–Trinajstić information content (AvgIpc) is 2.27. The number of hydrogen-bond donors (Lipinski definition) is 0. The third kappa shape index (κ3) is 1.52. The summed E-state index contributed by atoms with van der Waals surface area (Å²) in [6.45, 7) is 1.90. The van der Waals surface area contributed by atoms with Crippen molar-refractivity contribution in [2.24, 2.45) is 0 Å². The normalized spacial score (nSPS) is 9.55. The van der Waals surface area contributed by atoms with Crippen molar-refractivity contribution >= 4 is 11.0 Å². The van der Waals surface area contributed by atoms with Crippen LogP contribution in [0.1, 0.15) is 5.76 Å². The first-order valence-corrected chi connectivity index (χ1v) is 3.24. The van der Waals surface area contributed by atoms with E-state index in [1.165, 1.54) is 0 Å². The van der Waals surface area contributed by atoms with E-state index in [9.17, 15) is 0 Å². The maximum Gasteiger partial charge on any atom is 0.0256 e. The first-order valence-electron chi connectivity index (χ1n) is 3.24. The Morgan fingerprint density at radius 3 is 2.73 bits per heavy atom. The predicted octanol–water partition coefficient (Wildman–Crippen LogP) is 2.54. The van der Waals surface area contributed by atoms with Crippen LogP contribution in [0.4, 0.5) is 0 Å². The molecule has 2 aromatic rings. The molecule has 1 radical (unpaired) electrons. The van der Waals surface area contributed by atoms with Gasteiger partial charge in [0.1, 0.15) is 0 Å². The van der Waals surface area contributed by atoms with E-state index in [4.69, 9.17) is 4.42 Å². The van der Waals surface area contributed by atoms with Gasteiger partial charge in [-0.25, -0.2) is 0 Å². The van der Waals surface area contributed by atoms with Crippen molar-refractivity contribution in [2.75, 3.05) is 0 Å². The molecule has 0 saturated carbocycles. The van der Waals surface area contributed by atoms with E-state index in [1.807, 2.05) is 31.2 Å². The summed E-state index contributed by atoms with van der Waals surface area (Å²) in [6.07, 6.45) is 0. The monoisotopic (exact) mass is 324 g/mol. The number of fused-ring (bicyclic) bond motifs is 1. The molecule has 1 nitrogen and oxygen atoms in total. The molecular formula is C9H7IrO-. The van der Waals surface area contributed by atoms with E-state index in [-0.39, 0.29) is 20.1 Å². The molecule has 1 aromatic heterocycles. The number of benzene rings is 1. The second-order valence-electron chi connectivity index (χ2n) is 2.28. The van der Waals surface area contributed by atoms with Crippen molar-refractivity contribution in [3.63, 3.8) is 0 Å².